The van der Waals surface area contributed by atoms with Gasteiger partial charge in [-0.25, -0.2) is 8.42 Å². The quantitative estimate of drug-likeness (QED) is 0.908. The number of hydrogen-bond donors (Lipinski definition) is 1. The molecule has 0 radical (unpaired) electrons. The smallest absolute Gasteiger partial charge is 0.243 e. The standard InChI is InChI=1S/C16H25NO3S/c1-3-5-14-7-9-16(10-8-14)21(19,20)17-11-4-6-15(12-17)13(2)18/h7-10,13,15,18H,3-6,11-12H2,1-2H3. The highest BCUT2D eigenvalue weighted by molar-refractivity contribution is 7.89. The zero-order valence-electron chi connectivity index (χ0n) is 12.8. The van der Waals surface area contributed by atoms with E-state index >= 15 is 0 Å². The topological polar surface area (TPSA) is 57.6 Å². The SMILES string of the molecule is CCCc1ccc(S(=O)(=O)N2CCCC(C(C)O)C2)cc1. The third-order valence-electron chi connectivity index (χ3n) is 4.20. The molecule has 0 bridgehead atoms. The van der Waals surface area contributed by atoms with E-state index in [0.29, 0.717) is 18.0 Å². The van der Waals surface area contributed by atoms with Crippen LogP contribution < -0.4 is 0 Å². The fourth-order valence-corrected chi connectivity index (χ4v) is 4.39. The number of benzene rings is 1. The summed E-state index contributed by atoms with van der Waals surface area (Å²) < 4.78 is 26.9. The molecule has 1 aliphatic rings. The Balaban J connectivity index is 2.17. The first-order valence-corrected chi connectivity index (χ1v) is 9.16. The van der Waals surface area contributed by atoms with Crippen molar-refractivity contribution in [1.82, 2.24) is 4.31 Å². The zero-order chi connectivity index (χ0) is 15.5. The molecule has 0 aliphatic carbocycles. The van der Waals surface area contributed by atoms with E-state index in [2.05, 4.69) is 6.92 Å². The van der Waals surface area contributed by atoms with Crippen LogP contribution >= 0.6 is 0 Å². The largest absolute Gasteiger partial charge is 0.393 e. The van der Waals surface area contributed by atoms with Gasteiger partial charge in [0.25, 0.3) is 0 Å². The fourth-order valence-electron chi connectivity index (χ4n) is 2.85. The van der Waals surface area contributed by atoms with Gasteiger partial charge in [0.2, 0.25) is 10.0 Å². The minimum atomic E-state index is -3.44. The third kappa shape index (κ3) is 3.84. The molecule has 0 aromatic heterocycles. The molecule has 1 N–H and O–H groups in total. The second kappa shape index (κ2) is 6.90. The van der Waals surface area contributed by atoms with Gasteiger partial charge in [0.15, 0.2) is 0 Å². The molecule has 2 atom stereocenters. The number of aryl methyl sites for hydroxylation is 1. The maximum Gasteiger partial charge on any atom is 0.243 e. The van der Waals surface area contributed by atoms with Gasteiger partial charge in [0.1, 0.15) is 0 Å². The normalized spacial score (nSPS) is 22.1. The van der Waals surface area contributed by atoms with E-state index in [1.54, 1.807) is 19.1 Å². The lowest BCUT2D eigenvalue weighted by atomic mass is 9.95. The summed E-state index contributed by atoms with van der Waals surface area (Å²) in [5.41, 5.74) is 1.16. The number of aliphatic hydroxyl groups excluding tert-OH is 1. The van der Waals surface area contributed by atoms with Crippen LogP contribution in [0.3, 0.4) is 0 Å². The summed E-state index contributed by atoms with van der Waals surface area (Å²) in [6, 6.07) is 7.19. The molecule has 2 unspecified atom stereocenters. The van der Waals surface area contributed by atoms with Crippen LogP contribution in [0.5, 0.6) is 0 Å². The summed E-state index contributed by atoms with van der Waals surface area (Å²) in [6.07, 6.45) is 3.25. The summed E-state index contributed by atoms with van der Waals surface area (Å²) in [6.45, 7) is 4.80. The van der Waals surface area contributed by atoms with Gasteiger partial charge in [0, 0.05) is 13.1 Å². The van der Waals surface area contributed by atoms with Crippen molar-refractivity contribution in [1.29, 1.82) is 0 Å². The maximum absolute atomic E-state index is 12.7. The molecule has 1 aromatic carbocycles. The van der Waals surface area contributed by atoms with Crippen LogP contribution in [-0.4, -0.2) is 37.0 Å². The van der Waals surface area contributed by atoms with Crippen molar-refractivity contribution in [2.24, 2.45) is 5.92 Å². The predicted octanol–water partition coefficient (Wildman–Crippen LogP) is 2.42. The Morgan fingerprint density at radius 1 is 1.33 bits per heavy atom. The monoisotopic (exact) mass is 311 g/mol. The van der Waals surface area contributed by atoms with Gasteiger partial charge in [-0.05, 0) is 49.8 Å². The van der Waals surface area contributed by atoms with Gasteiger partial charge in [-0.2, -0.15) is 4.31 Å². The molecule has 21 heavy (non-hydrogen) atoms. The van der Waals surface area contributed by atoms with Crippen LogP contribution in [0.2, 0.25) is 0 Å². The highest BCUT2D eigenvalue weighted by Crippen LogP contribution is 2.25. The summed E-state index contributed by atoms with van der Waals surface area (Å²) in [5.74, 6) is 0.0351. The maximum atomic E-state index is 12.7. The van der Waals surface area contributed by atoms with Crippen molar-refractivity contribution in [2.45, 2.75) is 50.5 Å². The van der Waals surface area contributed by atoms with E-state index < -0.39 is 16.1 Å². The van der Waals surface area contributed by atoms with Crippen LogP contribution in [0.1, 0.15) is 38.7 Å². The van der Waals surface area contributed by atoms with Crippen molar-refractivity contribution in [3.8, 4) is 0 Å². The van der Waals surface area contributed by atoms with E-state index in [-0.39, 0.29) is 5.92 Å². The molecule has 1 aliphatic heterocycles. The second-order valence-corrected chi connectivity index (χ2v) is 7.84. The molecule has 0 saturated carbocycles. The first-order chi connectivity index (χ1) is 9.95. The second-order valence-electron chi connectivity index (χ2n) is 5.90. The highest BCUT2D eigenvalue weighted by Gasteiger charge is 2.31. The molecule has 2 rings (SSSR count). The molecular weight excluding hydrogens is 286 g/mol. The van der Waals surface area contributed by atoms with E-state index in [1.165, 1.54) is 4.31 Å². The van der Waals surface area contributed by atoms with Gasteiger partial charge < -0.3 is 5.11 Å². The van der Waals surface area contributed by atoms with Gasteiger partial charge in [-0.3, -0.25) is 0 Å². The van der Waals surface area contributed by atoms with E-state index in [9.17, 15) is 13.5 Å². The van der Waals surface area contributed by atoms with Gasteiger partial charge in [0.05, 0.1) is 11.0 Å². The summed E-state index contributed by atoms with van der Waals surface area (Å²) in [4.78, 5) is 0.355. The van der Waals surface area contributed by atoms with E-state index in [4.69, 9.17) is 0 Å². The Kier molecular flexibility index (Phi) is 5.41. The van der Waals surface area contributed by atoms with Crippen LogP contribution in [0.4, 0.5) is 0 Å². The van der Waals surface area contributed by atoms with Crippen LogP contribution in [0, 0.1) is 5.92 Å². The molecule has 1 aromatic rings. The lowest BCUT2D eigenvalue weighted by Gasteiger charge is -2.33. The molecule has 1 saturated heterocycles. The first-order valence-electron chi connectivity index (χ1n) is 7.72. The Morgan fingerprint density at radius 2 is 2.00 bits per heavy atom. The fraction of sp³-hybridized carbons (Fsp3) is 0.625. The Morgan fingerprint density at radius 3 is 2.57 bits per heavy atom. The van der Waals surface area contributed by atoms with Gasteiger partial charge >= 0.3 is 0 Å². The number of sulfonamides is 1. The minimum absolute atomic E-state index is 0.0351. The first kappa shape index (κ1) is 16.5. The minimum Gasteiger partial charge on any atom is -0.393 e. The van der Waals surface area contributed by atoms with Crippen LogP contribution in [0.15, 0.2) is 29.2 Å². The van der Waals surface area contributed by atoms with Gasteiger partial charge in [-0.1, -0.05) is 25.5 Å². The van der Waals surface area contributed by atoms with Gasteiger partial charge in [-0.15, -0.1) is 0 Å². The van der Waals surface area contributed by atoms with Crippen LogP contribution in [-0.2, 0) is 16.4 Å². The molecule has 0 amide bonds. The van der Waals surface area contributed by atoms with Crippen molar-refractivity contribution in [3.05, 3.63) is 29.8 Å². The average molecular weight is 311 g/mol. The van der Waals surface area contributed by atoms with Crippen molar-refractivity contribution in [3.63, 3.8) is 0 Å². The molecular formula is C16H25NO3S. The molecule has 5 heteroatoms. The average Bonchev–Trinajstić information content (AvgIpc) is 2.48. The Hall–Kier alpha value is -0.910. The van der Waals surface area contributed by atoms with E-state index in [0.717, 1.165) is 31.2 Å². The number of piperidine rings is 1. The zero-order valence-corrected chi connectivity index (χ0v) is 13.6. The predicted molar refractivity (Wildman–Crippen MR) is 83.6 cm³/mol. The summed E-state index contributed by atoms with van der Waals surface area (Å²) >= 11 is 0. The lowest BCUT2D eigenvalue weighted by molar-refractivity contribution is 0.0885. The van der Waals surface area contributed by atoms with Crippen molar-refractivity contribution in [2.75, 3.05) is 13.1 Å². The van der Waals surface area contributed by atoms with Crippen molar-refractivity contribution >= 4 is 10.0 Å². The van der Waals surface area contributed by atoms with E-state index in [1.807, 2.05) is 12.1 Å². The number of rotatable bonds is 5. The molecule has 0 spiro atoms. The molecule has 118 valence electrons. The summed E-state index contributed by atoms with van der Waals surface area (Å²) in [7, 11) is -3.44. The van der Waals surface area contributed by atoms with Crippen LogP contribution in [0.25, 0.3) is 0 Å². The van der Waals surface area contributed by atoms with Crippen molar-refractivity contribution < 1.29 is 13.5 Å². The molecule has 1 heterocycles. The Labute approximate surface area is 127 Å². The molecule has 4 nitrogen and oxygen atoms in total. The number of aliphatic hydroxyl groups is 1. The highest BCUT2D eigenvalue weighted by atomic mass is 32.2. The lowest BCUT2D eigenvalue weighted by Crippen LogP contribution is -2.42. The Bertz CT molecular complexity index is 551. The number of hydrogen-bond acceptors (Lipinski definition) is 3. The summed E-state index contributed by atoms with van der Waals surface area (Å²) in [5, 5.41) is 9.71. The third-order valence-corrected chi connectivity index (χ3v) is 6.08. The number of nitrogens with zero attached hydrogens (tertiary/aromatic N) is 1. The molecule has 1 fully saturated rings.